The maximum atomic E-state index is 13.1. The molecule has 27 heavy (non-hydrogen) atoms. The standard InChI is InChI=1S/C18H23FN4O3S/c1-27(25,26)12-13-3-2-8-23(11-13)18(24)20-9-15-10-21-22-17(15)14-4-6-16(19)7-5-14/h4-7,10,13H,2-3,8-9,11-12H2,1H3,(H,20,24)(H,21,22)/t13-/m1/s1. The van der Waals surface area contributed by atoms with Crippen molar-refractivity contribution in [3.05, 3.63) is 41.8 Å². The van der Waals surface area contributed by atoms with Crippen LogP contribution in [0.3, 0.4) is 0 Å². The van der Waals surface area contributed by atoms with Gasteiger partial charge in [-0.3, -0.25) is 5.10 Å². The normalized spacial score (nSPS) is 17.7. The van der Waals surface area contributed by atoms with Crippen molar-refractivity contribution >= 4 is 15.9 Å². The number of likely N-dealkylation sites (tertiary alicyclic amines) is 1. The number of sulfone groups is 1. The molecule has 1 aromatic carbocycles. The highest BCUT2D eigenvalue weighted by molar-refractivity contribution is 7.90. The summed E-state index contributed by atoms with van der Waals surface area (Å²) in [6.45, 7) is 1.33. The average Bonchev–Trinajstić information content (AvgIpc) is 3.07. The summed E-state index contributed by atoms with van der Waals surface area (Å²) in [7, 11) is -3.06. The molecular weight excluding hydrogens is 371 g/mol. The lowest BCUT2D eigenvalue weighted by molar-refractivity contribution is 0.170. The van der Waals surface area contributed by atoms with E-state index in [1.165, 1.54) is 18.4 Å². The molecule has 0 spiro atoms. The molecule has 1 aliphatic heterocycles. The second-order valence-corrected chi connectivity index (χ2v) is 9.17. The third kappa shape index (κ3) is 5.29. The van der Waals surface area contributed by atoms with E-state index in [2.05, 4.69) is 15.5 Å². The van der Waals surface area contributed by atoms with Gasteiger partial charge in [-0.25, -0.2) is 17.6 Å². The summed E-state index contributed by atoms with van der Waals surface area (Å²) < 4.78 is 36.1. The molecule has 2 heterocycles. The lowest BCUT2D eigenvalue weighted by Gasteiger charge is -2.32. The largest absolute Gasteiger partial charge is 0.334 e. The van der Waals surface area contributed by atoms with E-state index in [1.807, 2.05) is 0 Å². The molecular formula is C18H23FN4O3S. The maximum Gasteiger partial charge on any atom is 0.317 e. The van der Waals surface area contributed by atoms with E-state index in [0.29, 0.717) is 13.1 Å². The van der Waals surface area contributed by atoms with Crippen molar-refractivity contribution in [1.29, 1.82) is 0 Å². The van der Waals surface area contributed by atoms with Gasteiger partial charge in [0.25, 0.3) is 0 Å². The van der Waals surface area contributed by atoms with Crippen molar-refractivity contribution in [3.63, 3.8) is 0 Å². The van der Waals surface area contributed by atoms with Crippen LogP contribution in [0.1, 0.15) is 18.4 Å². The van der Waals surface area contributed by atoms with E-state index in [0.717, 1.165) is 29.7 Å². The molecule has 2 N–H and O–H groups in total. The molecule has 0 radical (unpaired) electrons. The first-order valence-electron chi connectivity index (χ1n) is 8.80. The van der Waals surface area contributed by atoms with Crippen LogP contribution < -0.4 is 5.32 Å². The number of urea groups is 1. The van der Waals surface area contributed by atoms with Gasteiger partial charge in [0.15, 0.2) is 0 Å². The molecule has 0 saturated carbocycles. The Kier molecular flexibility index (Phi) is 5.79. The van der Waals surface area contributed by atoms with E-state index in [-0.39, 0.29) is 30.1 Å². The Morgan fingerprint density at radius 1 is 1.37 bits per heavy atom. The molecule has 1 atom stereocenters. The van der Waals surface area contributed by atoms with Gasteiger partial charge in [0.1, 0.15) is 15.7 Å². The van der Waals surface area contributed by atoms with Crippen molar-refractivity contribution in [3.8, 4) is 11.3 Å². The lowest BCUT2D eigenvalue weighted by Crippen LogP contribution is -2.46. The Balaban J connectivity index is 1.60. The van der Waals surface area contributed by atoms with Gasteiger partial charge in [-0.1, -0.05) is 0 Å². The zero-order valence-corrected chi connectivity index (χ0v) is 15.9. The second kappa shape index (κ2) is 8.08. The van der Waals surface area contributed by atoms with Gasteiger partial charge in [0.2, 0.25) is 0 Å². The van der Waals surface area contributed by atoms with Crippen LogP contribution in [-0.4, -0.2) is 54.6 Å². The number of rotatable bonds is 5. The predicted octanol–water partition coefficient (Wildman–Crippen LogP) is 2.18. The van der Waals surface area contributed by atoms with Gasteiger partial charge >= 0.3 is 6.03 Å². The maximum absolute atomic E-state index is 13.1. The summed E-state index contributed by atoms with van der Waals surface area (Å²) >= 11 is 0. The molecule has 1 aliphatic rings. The first-order chi connectivity index (χ1) is 12.8. The molecule has 0 unspecified atom stereocenters. The number of H-pyrrole nitrogens is 1. The number of aromatic amines is 1. The van der Waals surface area contributed by atoms with Gasteiger partial charge in [-0.2, -0.15) is 5.10 Å². The van der Waals surface area contributed by atoms with E-state index in [4.69, 9.17) is 0 Å². The first-order valence-corrected chi connectivity index (χ1v) is 10.9. The van der Waals surface area contributed by atoms with Crippen molar-refractivity contribution < 1.29 is 17.6 Å². The molecule has 7 nitrogen and oxygen atoms in total. The number of piperidine rings is 1. The first kappa shape index (κ1) is 19.3. The Labute approximate surface area is 157 Å². The van der Waals surface area contributed by atoms with Crippen LogP contribution in [-0.2, 0) is 16.4 Å². The van der Waals surface area contributed by atoms with Crippen LogP contribution in [0, 0.1) is 11.7 Å². The van der Waals surface area contributed by atoms with Gasteiger partial charge in [-0.05, 0) is 43.0 Å². The molecule has 0 bridgehead atoms. The number of carbonyl (C=O) groups is 1. The van der Waals surface area contributed by atoms with E-state index < -0.39 is 9.84 Å². The van der Waals surface area contributed by atoms with Crippen LogP contribution in [0.15, 0.2) is 30.5 Å². The minimum absolute atomic E-state index is 0.0248. The number of nitrogens with one attached hydrogen (secondary N) is 2. The minimum atomic E-state index is -3.06. The SMILES string of the molecule is CS(=O)(=O)C[C@@H]1CCCN(C(=O)NCc2cn[nH]c2-c2ccc(F)cc2)C1. The number of hydrogen-bond acceptors (Lipinski definition) is 4. The monoisotopic (exact) mass is 394 g/mol. The summed E-state index contributed by atoms with van der Waals surface area (Å²) in [6.07, 6.45) is 4.46. The Morgan fingerprint density at radius 2 is 2.11 bits per heavy atom. The molecule has 2 amide bonds. The highest BCUT2D eigenvalue weighted by Crippen LogP contribution is 2.22. The number of hydrogen-bond donors (Lipinski definition) is 2. The van der Waals surface area contributed by atoms with Crippen LogP contribution in [0.25, 0.3) is 11.3 Å². The van der Waals surface area contributed by atoms with Crippen molar-refractivity contribution in [2.45, 2.75) is 19.4 Å². The van der Waals surface area contributed by atoms with Crippen LogP contribution in [0.5, 0.6) is 0 Å². The Hall–Kier alpha value is -2.42. The van der Waals surface area contributed by atoms with Crippen LogP contribution in [0.4, 0.5) is 9.18 Å². The van der Waals surface area contributed by atoms with Gasteiger partial charge < -0.3 is 10.2 Å². The highest BCUT2D eigenvalue weighted by atomic mass is 32.2. The van der Waals surface area contributed by atoms with Gasteiger partial charge in [0, 0.05) is 37.0 Å². The van der Waals surface area contributed by atoms with Crippen molar-refractivity contribution in [1.82, 2.24) is 20.4 Å². The lowest BCUT2D eigenvalue weighted by atomic mass is 10.0. The number of aromatic nitrogens is 2. The molecule has 0 aliphatic carbocycles. The van der Waals surface area contributed by atoms with Crippen molar-refractivity contribution in [2.24, 2.45) is 5.92 Å². The van der Waals surface area contributed by atoms with Gasteiger partial charge in [0.05, 0.1) is 17.6 Å². The number of nitrogens with zero attached hydrogens (tertiary/aromatic N) is 2. The highest BCUT2D eigenvalue weighted by Gasteiger charge is 2.26. The summed E-state index contributed by atoms with van der Waals surface area (Å²) in [6, 6.07) is 5.81. The zero-order valence-electron chi connectivity index (χ0n) is 15.1. The third-order valence-electron chi connectivity index (χ3n) is 4.63. The van der Waals surface area contributed by atoms with Gasteiger partial charge in [-0.15, -0.1) is 0 Å². The molecule has 2 aromatic rings. The fraction of sp³-hybridized carbons (Fsp3) is 0.444. The molecule has 1 saturated heterocycles. The number of halogens is 1. The summed E-state index contributed by atoms with van der Waals surface area (Å²) in [5.41, 5.74) is 2.30. The summed E-state index contributed by atoms with van der Waals surface area (Å²) in [4.78, 5) is 14.1. The fourth-order valence-corrected chi connectivity index (χ4v) is 4.54. The number of amides is 2. The second-order valence-electron chi connectivity index (χ2n) is 6.98. The fourth-order valence-electron chi connectivity index (χ4n) is 3.41. The topological polar surface area (TPSA) is 95.2 Å². The minimum Gasteiger partial charge on any atom is -0.334 e. The molecule has 3 rings (SSSR count). The van der Waals surface area contributed by atoms with E-state index in [1.54, 1.807) is 23.2 Å². The third-order valence-corrected chi connectivity index (χ3v) is 5.70. The van der Waals surface area contributed by atoms with Crippen molar-refractivity contribution in [2.75, 3.05) is 25.1 Å². The summed E-state index contributed by atoms with van der Waals surface area (Å²) in [5.74, 6) is -0.238. The Bertz CT molecular complexity index is 896. The summed E-state index contributed by atoms with van der Waals surface area (Å²) in [5, 5.41) is 9.75. The predicted molar refractivity (Wildman–Crippen MR) is 100 cm³/mol. The number of carbonyl (C=O) groups excluding carboxylic acids is 1. The Morgan fingerprint density at radius 3 is 2.81 bits per heavy atom. The average molecular weight is 394 g/mol. The molecule has 146 valence electrons. The van der Waals surface area contributed by atoms with E-state index >= 15 is 0 Å². The molecule has 1 fully saturated rings. The quantitative estimate of drug-likeness (QED) is 0.813. The van der Waals surface area contributed by atoms with E-state index in [9.17, 15) is 17.6 Å². The molecule has 1 aromatic heterocycles. The van der Waals surface area contributed by atoms with Crippen LogP contribution in [0.2, 0.25) is 0 Å². The smallest absolute Gasteiger partial charge is 0.317 e. The van der Waals surface area contributed by atoms with Crippen LogP contribution >= 0.6 is 0 Å². The number of benzene rings is 1. The zero-order chi connectivity index (χ0) is 19.4. The molecule has 9 heteroatoms.